The van der Waals surface area contributed by atoms with Crippen LogP contribution in [0.25, 0.3) is 10.8 Å². The van der Waals surface area contributed by atoms with Crippen LogP contribution in [0.3, 0.4) is 0 Å². The van der Waals surface area contributed by atoms with E-state index in [1.54, 1.807) is 18.2 Å². The van der Waals surface area contributed by atoms with Crippen molar-refractivity contribution in [3.8, 4) is 5.75 Å². The number of rotatable bonds is 8. The number of carbonyl (C=O) groups is 3. The molecule has 3 amide bonds. The smallest absolute Gasteiger partial charge is 0.255 e. The van der Waals surface area contributed by atoms with Gasteiger partial charge >= 0.3 is 0 Å². The van der Waals surface area contributed by atoms with Crippen molar-refractivity contribution in [3.63, 3.8) is 0 Å². The summed E-state index contributed by atoms with van der Waals surface area (Å²) in [5.41, 5.74) is 10.7. The lowest BCUT2D eigenvalue weighted by molar-refractivity contribution is -0.132. The molecule has 0 aliphatic carbocycles. The van der Waals surface area contributed by atoms with Crippen molar-refractivity contribution in [2.24, 2.45) is 16.5 Å². The molecule has 1 saturated heterocycles. The molecule has 2 aromatic carbocycles. The number of guanidine groups is 1. The molecule has 10 nitrogen and oxygen atoms in total. The van der Waals surface area contributed by atoms with Gasteiger partial charge in [-0.25, -0.2) is 0 Å². The van der Waals surface area contributed by atoms with Gasteiger partial charge in [-0.3, -0.25) is 24.7 Å². The van der Waals surface area contributed by atoms with Gasteiger partial charge in [-0.1, -0.05) is 30.3 Å². The van der Waals surface area contributed by atoms with Crippen LogP contribution in [0, 0.1) is 0 Å². The van der Waals surface area contributed by atoms with Crippen LogP contribution in [-0.2, 0) is 9.59 Å². The number of nitrogens with two attached hydrogens (primary N) is 2. The second kappa shape index (κ2) is 10.6. The van der Waals surface area contributed by atoms with Crippen LogP contribution < -0.4 is 27.4 Å². The van der Waals surface area contributed by atoms with E-state index in [1.165, 1.54) is 6.07 Å². The zero-order chi connectivity index (χ0) is 23.1. The van der Waals surface area contributed by atoms with Crippen molar-refractivity contribution in [1.29, 1.82) is 0 Å². The third kappa shape index (κ3) is 5.73. The van der Waals surface area contributed by atoms with Crippen molar-refractivity contribution < 1.29 is 19.5 Å². The first-order valence-corrected chi connectivity index (χ1v) is 10.5. The highest BCUT2D eigenvalue weighted by Crippen LogP contribution is 2.28. The molecule has 0 saturated carbocycles. The van der Waals surface area contributed by atoms with E-state index in [2.05, 4.69) is 20.9 Å². The predicted octanol–water partition coefficient (Wildman–Crippen LogP) is 0.0922. The van der Waals surface area contributed by atoms with Crippen molar-refractivity contribution in [3.05, 3.63) is 42.0 Å². The molecule has 3 rings (SSSR count). The number of hydrogen-bond acceptors (Lipinski definition) is 6. The average Bonchev–Trinajstić information content (AvgIpc) is 3.31. The monoisotopic (exact) mass is 440 g/mol. The quantitative estimate of drug-likeness (QED) is 0.192. The van der Waals surface area contributed by atoms with Crippen LogP contribution in [0.5, 0.6) is 5.75 Å². The molecule has 1 heterocycles. The molecule has 0 unspecified atom stereocenters. The maximum atomic E-state index is 12.9. The topological polar surface area (TPSA) is 172 Å². The van der Waals surface area contributed by atoms with E-state index in [4.69, 9.17) is 11.5 Å². The van der Waals surface area contributed by atoms with Gasteiger partial charge < -0.3 is 27.2 Å². The van der Waals surface area contributed by atoms with E-state index in [0.29, 0.717) is 24.8 Å². The number of nitrogens with zero attached hydrogens (tertiary/aromatic N) is 1. The standard InChI is InChI=1S/C22H28N6O4/c23-22(24)26-12-4-8-17(21(32)28-20(31)16-7-3-11-25-16)27-19(30)15-10-9-13-5-1-2-6-14(13)18(15)29/h1-2,5-6,9-10,16-17,25,29H,3-4,7-8,11-12H2,(H,27,30)(H4,23,24,26)(H,28,31,32)/t16-,17-/m0/s1. The summed E-state index contributed by atoms with van der Waals surface area (Å²) in [5, 5.41) is 19.9. The Bertz CT molecular complexity index is 1030. The third-order valence-corrected chi connectivity index (χ3v) is 5.34. The summed E-state index contributed by atoms with van der Waals surface area (Å²) in [7, 11) is 0. The number of aliphatic imine (C=N–C) groups is 1. The lowest BCUT2D eigenvalue weighted by Crippen LogP contribution is -2.52. The number of hydrogen-bond donors (Lipinski definition) is 6. The largest absolute Gasteiger partial charge is 0.506 e. The second-order valence-electron chi connectivity index (χ2n) is 7.66. The summed E-state index contributed by atoms with van der Waals surface area (Å²) in [6.07, 6.45) is 2.10. The van der Waals surface area contributed by atoms with Gasteiger partial charge in [0.25, 0.3) is 5.91 Å². The fraction of sp³-hybridized carbons (Fsp3) is 0.364. The van der Waals surface area contributed by atoms with Gasteiger partial charge in [0.05, 0.1) is 11.6 Å². The summed E-state index contributed by atoms with van der Waals surface area (Å²) in [4.78, 5) is 41.9. The van der Waals surface area contributed by atoms with Crippen molar-refractivity contribution in [2.75, 3.05) is 13.1 Å². The van der Waals surface area contributed by atoms with Gasteiger partial charge in [-0.2, -0.15) is 0 Å². The lowest BCUT2D eigenvalue weighted by atomic mass is 10.0. The number of fused-ring (bicyclic) bond motifs is 1. The van der Waals surface area contributed by atoms with Crippen LogP contribution in [0.1, 0.15) is 36.0 Å². The Morgan fingerprint density at radius 3 is 2.69 bits per heavy atom. The average molecular weight is 441 g/mol. The molecule has 1 fully saturated rings. The van der Waals surface area contributed by atoms with E-state index < -0.39 is 29.8 Å². The molecule has 1 aliphatic heterocycles. The van der Waals surface area contributed by atoms with E-state index in [1.807, 2.05) is 12.1 Å². The number of phenolic OH excluding ortho intramolecular Hbond substituents is 1. The summed E-state index contributed by atoms with van der Waals surface area (Å²) in [6.45, 7) is 0.980. The molecular weight excluding hydrogens is 412 g/mol. The SMILES string of the molecule is NC(N)=NCCC[C@H](NC(=O)c1ccc2ccccc2c1O)C(=O)NC(=O)[C@@H]1CCCN1. The molecule has 2 aromatic rings. The van der Waals surface area contributed by atoms with Gasteiger partial charge in [-0.05, 0) is 43.7 Å². The number of imide groups is 1. The van der Waals surface area contributed by atoms with Crippen LogP contribution >= 0.6 is 0 Å². The summed E-state index contributed by atoms with van der Waals surface area (Å²) < 4.78 is 0. The normalized spacial score (nSPS) is 16.3. The van der Waals surface area contributed by atoms with Gasteiger partial charge in [0.1, 0.15) is 11.8 Å². The highest BCUT2D eigenvalue weighted by Gasteiger charge is 2.28. The fourth-order valence-electron chi connectivity index (χ4n) is 3.65. The highest BCUT2D eigenvalue weighted by molar-refractivity contribution is 6.06. The van der Waals surface area contributed by atoms with E-state index in [9.17, 15) is 19.5 Å². The number of amides is 3. The molecule has 32 heavy (non-hydrogen) atoms. The first kappa shape index (κ1) is 23.0. The fourth-order valence-corrected chi connectivity index (χ4v) is 3.65. The zero-order valence-electron chi connectivity index (χ0n) is 17.6. The minimum atomic E-state index is -1.01. The van der Waals surface area contributed by atoms with Crippen LogP contribution in [0.2, 0.25) is 0 Å². The number of nitrogens with one attached hydrogen (secondary N) is 3. The van der Waals surface area contributed by atoms with E-state index >= 15 is 0 Å². The van der Waals surface area contributed by atoms with Crippen molar-refractivity contribution >= 4 is 34.5 Å². The Hall–Kier alpha value is -3.66. The first-order valence-electron chi connectivity index (χ1n) is 10.5. The Morgan fingerprint density at radius 2 is 1.97 bits per heavy atom. The van der Waals surface area contributed by atoms with E-state index in [-0.39, 0.29) is 30.2 Å². The minimum Gasteiger partial charge on any atom is -0.506 e. The Kier molecular flexibility index (Phi) is 7.61. The molecule has 8 N–H and O–H groups in total. The zero-order valence-corrected chi connectivity index (χ0v) is 17.6. The molecule has 2 atom stereocenters. The van der Waals surface area contributed by atoms with Crippen LogP contribution in [-0.4, -0.2) is 54.0 Å². The highest BCUT2D eigenvalue weighted by atomic mass is 16.3. The number of benzene rings is 2. The Balaban J connectivity index is 1.73. The molecule has 0 bridgehead atoms. The molecular formula is C22H28N6O4. The molecule has 170 valence electrons. The second-order valence-corrected chi connectivity index (χ2v) is 7.66. The van der Waals surface area contributed by atoms with Crippen LogP contribution in [0.15, 0.2) is 41.4 Å². The number of carbonyl (C=O) groups excluding carboxylic acids is 3. The van der Waals surface area contributed by atoms with E-state index in [0.717, 1.165) is 11.8 Å². The van der Waals surface area contributed by atoms with Crippen molar-refractivity contribution in [2.45, 2.75) is 37.8 Å². The number of phenols is 1. The van der Waals surface area contributed by atoms with Gasteiger partial charge in [-0.15, -0.1) is 0 Å². The lowest BCUT2D eigenvalue weighted by Gasteiger charge is -2.19. The van der Waals surface area contributed by atoms with Gasteiger partial charge in [0.15, 0.2) is 5.96 Å². The maximum Gasteiger partial charge on any atom is 0.255 e. The molecule has 0 spiro atoms. The summed E-state index contributed by atoms with van der Waals surface area (Å²) >= 11 is 0. The summed E-state index contributed by atoms with van der Waals surface area (Å²) in [6, 6.07) is 8.88. The predicted molar refractivity (Wildman–Crippen MR) is 121 cm³/mol. The molecule has 0 aromatic heterocycles. The number of aromatic hydroxyl groups is 1. The van der Waals surface area contributed by atoms with Gasteiger partial charge in [0.2, 0.25) is 11.8 Å². The summed E-state index contributed by atoms with van der Waals surface area (Å²) in [5.74, 6) is -1.92. The molecule has 10 heteroatoms. The van der Waals surface area contributed by atoms with Gasteiger partial charge in [0, 0.05) is 11.9 Å². The molecule has 0 radical (unpaired) electrons. The van der Waals surface area contributed by atoms with Crippen molar-refractivity contribution in [1.82, 2.24) is 16.0 Å². The molecule has 1 aliphatic rings. The van der Waals surface area contributed by atoms with Crippen LogP contribution in [0.4, 0.5) is 0 Å². The third-order valence-electron chi connectivity index (χ3n) is 5.34. The maximum absolute atomic E-state index is 12.9. The Labute approximate surface area is 185 Å². The Morgan fingerprint density at radius 1 is 1.19 bits per heavy atom. The minimum absolute atomic E-state index is 0.0366. The first-order chi connectivity index (χ1) is 15.4.